The van der Waals surface area contributed by atoms with Crippen molar-refractivity contribution in [2.24, 2.45) is 5.73 Å². The van der Waals surface area contributed by atoms with E-state index in [0.717, 1.165) is 29.5 Å². The van der Waals surface area contributed by atoms with E-state index in [1.165, 1.54) is 0 Å². The van der Waals surface area contributed by atoms with E-state index in [9.17, 15) is 31.9 Å². The first-order chi connectivity index (χ1) is 16.4. The highest BCUT2D eigenvalue weighted by molar-refractivity contribution is 7.21. The summed E-state index contributed by atoms with van der Waals surface area (Å²) >= 11 is 0.721. The van der Waals surface area contributed by atoms with E-state index in [4.69, 9.17) is 11.5 Å². The van der Waals surface area contributed by atoms with Gasteiger partial charge in [0, 0.05) is 37.1 Å². The molecular weight excluding hydrogens is 493 g/mol. The molecule has 0 aliphatic carbocycles. The number of anilines is 2. The molecule has 1 atom stereocenters. The number of piperidine rings is 1. The van der Waals surface area contributed by atoms with Crippen molar-refractivity contribution in [3.63, 3.8) is 0 Å². The molecule has 1 fully saturated rings. The molecule has 2 aromatic heterocycles. The summed E-state index contributed by atoms with van der Waals surface area (Å²) in [6.07, 6.45) is -4.78. The largest absolute Gasteiger partial charge is 0.417 e. The third kappa shape index (κ3) is 5.31. The maximum absolute atomic E-state index is 13.8. The number of nitrogen functional groups attached to an aromatic ring is 1. The number of thiophene rings is 1. The van der Waals surface area contributed by atoms with Gasteiger partial charge in [-0.1, -0.05) is 0 Å². The molecule has 1 amide bonds. The van der Waals surface area contributed by atoms with Gasteiger partial charge in [0.25, 0.3) is 5.91 Å². The van der Waals surface area contributed by atoms with Crippen LogP contribution in [0.4, 0.5) is 33.5 Å². The maximum Gasteiger partial charge on any atom is 0.417 e. The molecule has 0 spiro atoms. The van der Waals surface area contributed by atoms with Crippen molar-refractivity contribution in [2.45, 2.75) is 31.2 Å². The van der Waals surface area contributed by atoms with Crippen LogP contribution in [0.15, 0.2) is 24.3 Å². The lowest BCUT2D eigenvalue weighted by Gasteiger charge is -2.34. The number of aliphatic hydroxyl groups is 1. The number of amides is 1. The Labute approximate surface area is 200 Å². The molecule has 6 N–H and O–H groups in total. The number of rotatable bonds is 6. The summed E-state index contributed by atoms with van der Waals surface area (Å²) in [5, 5.41) is 13.0. The van der Waals surface area contributed by atoms with Crippen molar-refractivity contribution >= 4 is 39.0 Å². The molecule has 3 aromatic rings. The normalized spacial score (nSPS) is 16.1. The number of carbonyl (C=O) groups excluding carboxylic acids is 1. The van der Waals surface area contributed by atoms with Gasteiger partial charge in [-0.05, 0) is 36.6 Å². The quantitative estimate of drug-likeness (QED) is 0.373. The van der Waals surface area contributed by atoms with Crippen LogP contribution in [0.1, 0.15) is 39.7 Å². The van der Waals surface area contributed by atoms with Gasteiger partial charge in [-0.15, -0.1) is 11.3 Å². The lowest BCUT2D eigenvalue weighted by Crippen LogP contribution is -2.44. The lowest BCUT2D eigenvalue weighted by atomic mass is 10.0. The number of nitrogens with one attached hydrogen (secondary N) is 1. The van der Waals surface area contributed by atoms with Crippen molar-refractivity contribution in [1.82, 2.24) is 10.3 Å². The summed E-state index contributed by atoms with van der Waals surface area (Å²) in [5.74, 6) is -2.39. The van der Waals surface area contributed by atoms with Gasteiger partial charge >= 0.3 is 6.18 Å². The zero-order chi connectivity index (χ0) is 25.5. The first-order valence-corrected chi connectivity index (χ1v) is 11.5. The fourth-order valence-corrected chi connectivity index (χ4v) is 5.12. The smallest absolute Gasteiger partial charge is 0.397 e. The molecule has 0 radical (unpaired) electrons. The number of nitrogens with two attached hydrogens (primary N) is 2. The Balaban J connectivity index is 1.46. The van der Waals surface area contributed by atoms with Crippen molar-refractivity contribution in [1.29, 1.82) is 0 Å². The van der Waals surface area contributed by atoms with Crippen LogP contribution in [0.5, 0.6) is 0 Å². The number of halogens is 5. The summed E-state index contributed by atoms with van der Waals surface area (Å²) in [6.45, 7) is 0.809. The number of primary amides is 1. The fraction of sp³-hybridized carbons (Fsp3) is 0.364. The summed E-state index contributed by atoms with van der Waals surface area (Å²) in [6, 6.07) is 3.68. The zero-order valence-corrected chi connectivity index (χ0v) is 19.0. The van der Waals surface area contributed by atoms with Crippen LogP contribution in [-0.4, -0.2) is 41.7 Å². The molecule has 1 unspecified atom stereocenters. The van der Waals surface area contributed by atoms with Gasteiger partial charge in [-0.25, -0.2) is 13.8 Å². The number of nitrogens with zero attached hydrogens (tertiary/aromatic N) is 2. The Hall–Kier alpha value is -3.03. The van der Waals surface area contributed by atoms with Gasteiger partial charge in [0.05, 0.1) is 17.4 Å². The lowest BCUT2D eigenvalue weighted by molar-refractivity contribution is -0.136. The van der Waals surface area contributed by atoms with E-state index in [2.05, 4.69) is 10.3 Å². The van der Waals surface area contributed by atoms with Gasteiger partial charge < -0.3 is 26.8 Å². The molecule has 3 heterocycles. The van der Waals surface area contributed by atoms with Gasteiger partial charge in [0.2, 0.25) is 0 Å². The van der Waals surface area contributed by atoms with Crippen LogP contribution < -0.4 is 21.7 Å². The number of aliphatic hydroxyl groups excluding tert-OH is 1. The van der Waals surface area contributed by atoms with E-state index in [1.54, 1.807) is 4.90 Å². The van der Waals surface area contributed by atoms with Crippen molar-refractivity contribution < 1.29 is 31.9 Å². The number of benzene rings is 1. The van der Waals surface area contributed by atoms with E-state index < -0.39 is 35.4 Å². The fourth-order valence-electron chi connectivity index (χ4n) is 4.15. The predicted molar refractivity (Wildman–Crippen MR) is 122 cm³/mol. The van der Waals surface area contributed by atoms with Crippen LogP contribution in [0.2, 0.25) is 0 Å². The molecule has 1 aliphatic rings. The molecular formula is C22H22F5N5O2S. The second-order valence-corrected chi connectivity index (χ2v) is 9.30. The van der Waals surface area contributed by atoms with Crippen molar-refractivity contribution in [3.8, 4) is 0 Å². The average molecular weight is 516 g/mol. The van der Waals surface area contributed by atoms with Crippen molar-refractivity contribution in [3.05, 3.63) is 51.9 Å². The van der Waals surface area contributed by atoms with E-state index in [1.807, 2.05) is 0 Å². The molecule has 4 rings (SSSR count). The summed E-state index contributed by atoms with van der Waals surface area (Å²) < 4.78 is 68.1. The van der Waals surface area contributed by atoms with E-state index >= 15 is 0 Å². The van der Waals surface area contributed by atoms with E-state index in [-0.39, 0.29) is 44.7 Å². The Bertz CT molecular complexity index is 1240. The third-order valence-electron chi connectivity index (χ3n) is 5.90. The molecule has 0 bridgehead atoms. The molecule has 13 heteroatoms. The standard InChI is InChI=1S/C22H22F5N5O2S/c23-11-5-10(6-12(24)7-11)15(33)9-30-13-1-3-32(4-2-13)16-8-14(22(25,26)27)17-18(28)19(20(29)34)35-21(17)31-16/h5-8,13,15,30,33H,1-4,9,28H2,(H2,29,34). The molecule has 1 aliphatic heterocycles. The number of carbonyl (C=O) groups is 1. The molecule has 7 nitrogen and oxygen atoms in total. The minimum atomic E-state index is -4.72. The maximum atomic E-state index is 13.8. The Kier molecular flexibility index (Phi) is 6.84. The highest BCUT2D eigenvalue weighted by atomic mass is 32.1. The topological polar surface area (TPSA) is 118 Å². The number of hydrogen-bond donors (Lipinski definition) is 4. The predicted octanol–water partition coefficient (Wildman–Crippen LogP) is 3.57. The minimum Gasteiger partial charge on any atom is -0.397 e. The number of alkyl halides is 3. The summed E-state index contributed by atoms with van der Waals surface area (Å²) in [5.41, 5.74) is 9.83. The van der Waals surface area contributed by atoms with Gasteiger partial charge in [-0.2, -0.15) is 13.2 Å². The second-order valence-electron chi connectivity index (χ2n) is 8.30. The first kappa shape index (κ1) is 25.1. The van der Waals surface area contributed by atoms with Crippen LogP contribution in [-0.2, 0) is 6.18 Å². The third-order valence-corrected chi connectivity index (χ3v) is 7.02. The molecule has 1 saturated heterocycles. The molecule has 188 valence electrons. The van der Waals surface area contributed by atoms with Gasteiger partial charge in [-0.3, -0.25) is 4.79 Å². The first-order valence-electron chi connectivity index (χ1n) is 10.7. The van der Waals surface area contributed by atoms with Crippen LogP contribution >= 0.6 is 11.3 Å². The molecule has 0 saturated carbocycles. The highest BCUT2D eigenvalue weighted by Gasteiger charge is 2.37. The van der Waals surface area contributed by atoms with Crippen LogP contribution in [0.25, 0.3) is 10.2 Å². The average Bonchev–Trinajstić information content (AvgIpc) is 3.12. The zero-order valence-electron chi connectivity index (χ0n) is 18.2. The number of hydrogen-bond acceptors (Lipinski definition) is 7. The van der Waals surface area contributed by atoms with Crippen molar-refractivity contribution in [2.75, 3.05) is 30.3 Å². The van der Waals surface area contributed by atoms with Crippen LogP contribution in [0, 0.1) is 11.6 Å². The highest BCUT2D eigenvalue weighted by Crippen LogP contribution is 2.43. The Morgan fingerprint density at radius 3 is 2.40 bits per heavy atom. The van der Waals surface area contributed by atoms with Crippen LogP contribution in [0.3, 0.4) is 0 Å². The Morgan fingerprint density at radius 1 is 1.20 bits per heavy atom. The molecule has 1 aromatic carbocycles. The number of fused-ring (bicyclic) bond motifs is 1. The Morgan fingerprint density at radius 2 is 1.83 bits per heavy atom. The summed E-state index contributed by atoms with van der Waals surface area (Å²) in [7, 11) is 0. The van der Waals surface area contributed by atoms with Gasteiger partial charge in [0.1, 0.15) is 27.2 Å². The molecule has 35 heavy (non-hydrogen) atoms. The SMILES string of the molecule is NC(=O)c1sc2nc(N3CCC(NCC(O)c4cc(F)cc(F)c4)CC3)cc(C(F)(F)F)c2c1N. The monoisotopic (exact) mass is 515 g/mol. The number of pyridine rings is 1. The minimum absolute atomic E-state index is 0.0215. The second kappa shape index (κ2) is 9.55. The van der Waals surface area contributed by atoms with Gasteiger partial charge in [0.15, 0.2) is 0 Å². The summed E-state index contributed by atoms with van der Waals surface area (Å²) in [4.78, 5) is 17.4. The number of aromatic nitrogens is 1. The van der Waals surface area contributed by atoms with E-state index in [0.29, 0.717) is 32.0 Å².